The highest BCUT2D eigenvalue weighted by Crippen LogP contribution is 2.18. The summed E-state index contributed by atoms with van der Waals surface area (Å²) < 4.78 is 6.47. The summed E-state index contributed by atoms with van der Waals surface area (Å²) in [7, 11) is 3.36. The van der Waals surface area contributed by atoms with Crippen molar-refractivity contribution in [3.8, 4) is 0 Å². The van der Waals surface area contributed by atoms with Crippen molar-refractivity contribution in [1.82, 2.24) is 9.88 Å². The first-order chi connectivity index (χ1) is 7.71. The number of carbonyl (C=O) groups is 1. The molecule has 1 unspecified atom stereocenters. The average Bonchev–Trinajstić information content (AvgIpc) is 2.74. The van der Waals surface area contributed by atoms with Crippen LogP contribution in [0.4, 0.5) is 0 Å². The summed E-state index contributed by atoms with van der Waals surface area (Å²) in [6.07, 6.45) is 6.13. The monoisotopic (exact) mass is 224 g/mol. The number of nitrogens with zero attached hydrogens (tertiary/aromatic N) is 1. The van der Waals surface area contributed by atoms with Gasteiger partial charge in [0, 0.05) is 18.4 Å². The maximum absolute atomic E-state index is 11.1. The zero-order chi connectivity index (χ0) is 12.0. The van der Waals surface area contributed by atoms with Gasteiger partial charge in [0.15, 0.2) is 0 Å². The van der Waals surface area contributed by atoms with Gasteiger partial charge in [0.1, 0.15) is 6.54 Å². The van der Waals surface area contributed by atoms with E-state index in [1.165, 1.54) is 12.7 Å². The third kappa shape index (κ3) is 3.38. The molecule has 0 aromatic carbocycles. The van der Waals surface area contributed by atoms with Crippen LogP contribution in [0.3, 0.4) is 0 Å². The van der Waals surface area contributed by atoms with Gasteiger partial charge in [-0.3, -0.25) is 4.79 Å². The molecule has 1 rings (SSSR count). The van der Waals surface area contributed by atoms with E-state index in [0.717, 1.165) is 12.8 Å². The lowest BCUT2D eigenvalue weighted by atomic mass is 10.1. The molecule has 0 aliphatic heterocycles. The van der Waals surface area contributed by atoms with Gasteiger partial charge < -0.3 is 14.6 Å². The fraction of sp³-hybridized carbons (Fsp3) is 0.583. The van der Waals surface area contributed by atoms with E-state index in [1.807, 2.05) is 30.1 Å². The molecule has 1 aromatic rings. The summed E-state index contributed by atoms with van der Waals surface area (Å²) in [5, 5.41) is 3.27. The molecule has 0 aliphatic carbocycles. The lowest BCUT2D eigenvalue weighted by Crippen LogP contribution is -2.15. The van der Waals surface area contributed by atoms with E-state index in [-0.39, 0.29) is 12.5 Å². The Hall–Kier alpha value is -1.29. The molecule has 0 fully saturated rings. The zero-order valence-electron chi connectivity index (χ0n) is 10.2. The Morgan fingerprint density at radius 3 is 2.94 bits per heavy atom. The Kier molecular flexibility index (Phi) is 5.05. The van der Waals surface area contributed by atoms with Gasteiger partial charge in [-0.2, -0.15) is 0 Å². The van der Waals surface area contributed by atoms with Crippen LogP contribution in [0.2, 0.25) is 0 Å². The molecular weight excluding hydrogens is 204 g/mol. The van der Waals surface area contributed by atoms with E-state index in [9.17, 15) is 4.79 Å². The predicted octanol–water partition coefficient (Wildman–Crippen LogP) is 1.72. The molecule has 1 N–H and O–H groups in total. The fourth-order valence-corrected chi connectivity index (χ4v) is 1.74. The summed E-state index contributed by atoms with van der Waals surface area (Å²) in [5.41, 5.74) is 1.22. The van der Waals surface area contributed by atoms with Gasteiger partial charge in [-0.25, -0.2) is 0 Å². The number of aromatic nitrogens is 1. The first-order valence-electron chi connectivity index (χ1n) is 5.61. The van der Waals surface area contributed by atoms with Crippen LogP contribution in [0.5, 0.6) is 0 Å². The highest BCUT2D eigenvalue weighted by molar-refractivity contribution is 5.68. The Labute approximate surface area is 96.6 Å². The van der Waals surface area contributed by atoms with E-state index in [1.54, 1.807) is 0 Å². The average molecular weight is 224 g/mol. The molecule has 0 bridgehead atoms. The van der Waals surface area contributed by atoms with Crippen molar-refractivity contribution in [3.05, 3.63) is 24.0 Å². The molecule has 0 saturated heterocycles. The minimum absolute atomic E-state index is 0.223. The Morgan fingerprint density at radius 2 is 2.38 bits per heavy atom. The second kappa shape index (κ2) is 6.33. The second-order valence-corrected chi connectivity index (χ2v) is 3.82. The lowest BCUT2D eigenvalue weighted by molar-refractivity contribution is -0.141. The Balaban J connectivity index is 2.65. The molecule has 0 saturated carbocycles. The zero-order valence-corrected chi connectivity index (χ0v) is 10.2. The van der Waals surface area contributed by atoms with Crippen LogP contribution in [-0.4, -0.2) is 24.7 Å². The van der Waals surface area contributed by atoms with Crippen LogP contribution in [0.25, 0.3) is 0 Å². The number of hydrogen-bond donors (Lipinski definition) is 1. The molecule has 1 aromatic heterocycles. The lowest BCUT2D eigenvalue weighted by Gasteiger charge is -2.13. The number of nitrogens with one attached hydrogen (secondary N) is 1. The smallest absolute Gasteiger partial charge is 0.325 e. The van der Waals surface area contributed by atoms with Gasteiger partial charge in [0.05, 0.1) is 7.11 Å². The maximum Gasteiger partial charge on any atom is 0.325 e. The molecule has 0 aliphatic rings. The normalized spacial score (nSPS) is 12.4. The van der Waals surface area contributed by atoms with Gasteiger partial charge in [-0.15, -0.1) is 0 Å². The minimum atomic E-state index is -0.223. The third-order valence-electron chi connectivity index (χ3n) is 2.64. The first-order valence-corrected chi connectivity index (χ1v) is 5.61. The highest BCUT2D eigenvalue weighted by Gasteiger charge is 2.10. The molecule has 0 spiro atoms. The van der Waals surface area contributed by atoms with E-state index >= 15 is 0 Å². The molecule has 1 heterocycles. The minimum Gasteiger partial charge on any atom is -0.468 e. The van der Waals surface area contributed by atoms with E-state index in [4.69, 9.17) is 0 Å². The second-order valence-electron chi connectivity index (χ2n) is 3.82. The number of rotatable bonds is 6. The van der Waals surface area contributed by atoms with Crippen molar-refractivity contribution < 1.29 is 9.53 Å². The highest BCUT2D eigenvalue weighted by atomic mass is 16.5. The number of esters is 1. The Bertz CT molecular complexity index is 334. The number of carbonyl (C=O) groups excluding carboxylic acids is 1. The quantitative estimate of drug-likeness (QED) is 0.748. The summed E-state index contributed by atoms with van der Waals surface area (Å²) in [6.45, 7) is 2.44. The molecular formula is C12H20N2O2. The molecule has 0 amide bonds. The van der Waals surface area contributed by atoms with Crippen molar-refractivity contribution in [2.45, 2.75) is 32.4 Å². The largest absolute Gasteiger partial charge is 0.468 e. The standard InChI is InChI=1S/C12H20N2O2/c1-4-5-11(13-2)10-6-7-14(8-10)9-12(15)16-3/h6-8,11,13H,4-5,9H2,1-3H3. The Morgan fingerprint density at radius 1 is 1.62 bits per heavy atom. The van der Waals surface area contributed by atoms with Crippen LogP contribution in [0.1, 0.15) is 31.4 Å². The number of methoxy groups -OCH3 is 1. The third-order valence-corrected chi connectivity index (χ3v) is 2.64. The van der Waals surface area contributed by atoms with Gasteiger partial charge in [0.2, 0.25) is 0 Å². The summed E-state index contributed by atoms with van der Waals surface area (Å²) >= 11 is 0. The van der Waals surface area contributed by atoms with E-state index in [2.05, 4.69) is 17.0 Å². The van der Waals surface area contributed by atoms with Gasteiger partial charge >= 0.3 is 5.97 Å². The van der Waals surface area contributed by atoms with Crippen molar-refractivity contribution in [3.63, 3.8) is 0 Å². The van der Waals surface area contributed by atoms with Crippen molar-refractivity contribution in [1.29, 1.82) is 0 Å². The molecule has 4 nitrogen and oxygen atoms in total. The van der Waals surface area contributed by atoms with E-state index < -0.39 is 0 Å². The van der Waals surface area contributed by atoms with Crippen molar-refractivity contribution in [2.24, 2.45) is 0 Å². The number of ether oxygens (including phenoxy) is 1. The first kappa shape index (κ1) is 12.8. The summed E-state index contributed by atoms with van der Waals surface area (Å²) in [4.78, 5) is 11.1. The topological polar surface area (TPSA) is 43.3 Å². The molecule has 0 radical (unpaired) electrons. The molecule has 90 valence electrons. The fourth-order valence-electron chi connectivity index (χ4n) is 1.74. The molecule has 1 atom stereocenters. The van der Waals surface area contributed by atoms with Crippen LogP contribution in [-0.2, 0) is 16.1 Å². The SMILES string of the molecule is CCCC(NC)c1ccn(CC(=O)OC)c1. The molecule has 16 heavy (non-hydrogen) atoms. The van der Waals surface area contributed by atoms with Crippen LogP contribution in [0, 0.1) is 0 Å². The van der Waals surface area contributed by atoms with Crippen molar-refractivity contribution in [2.75, 3.05) is 14.2 Å². The van der Waals surface area contributed by atoms with Crippen LogP contribution >= 0.6 is 0 Å². The van der Waals surface area contributed by atoms with Gasteiger partial charge in [0.25, 0.3) is 0 Å². The van der Waals surface area contributed by atoms with Gasteiger partial charge in [-0.05, 0) is 25.1 Å². The maximum atomic E-state index is 11.1. The molecule has 4 heteroatoms. The summed E-state index contributed by atoms with van der Waals surface area (Å²) in [5.74, 6) is -0.223. The number of hydrogen-bond acceptors (Lipinski definition) is 3. The predicted molar refractivity (Wildman–Crippen MR) is 63.2 cm³/mol. The van der Waals surface area contributed by atoms with Gasteiger partial charge in [-0.1, -0.05) is 13.3 Å². The summed E-state index contributed by atoms with van der Waals surface area (Å²) in [6, 6.07) is 2.41. The van der Waals surface area contributed by atoms with Crippen LogP contribution in [0.15, 0.2) is 18.5 Å². The van der Waals surface area contributed by atoms with E-state index in [0.29, 0.717) is 6.04 Å². The van der Waals surface area contributed by atoms with Crippen molar-refractivity contribution >= 4 is 5.97 Å². The van der Waals surface area contributed by atoms with Crippen LogP contribution < -0.4 is 5.32 Å².